The monoisotopic (exact) mass is 239 g/mol. The number of hydrogen-bond donors (Lipinski definition) is 0. The van der Waals surface area contributed by atoms with E-state index in [0.717, 1.165) is 19.6 Å². The molecule has 1 fully saturated rings. The van der Waals surface area contributed by atoms with Crippen LogP contribution in [0.2, 0.25) is 0 Å². The van der Waals surface area contributed by atoms with Crippen LogP contribution in [-0.4, -0.2) is 48.5 Å². The quantitative estimate of drug-likeness (QED) is 0.788. The number of aromatic nitrogens is 1. The third-order valence-electron chi connectivity index (χ3n) is 3.27. The smallest absolute Gasteiger partial charge is 0.111 e. The zero-order valence-corrected chi connectivity index (χ0v) is 11.4. The van der Waals surface area contributed by atoms with Gasteiger partial charge in [-0.2, -0.15) is 0 Å². The van der Waals surface area contributed by atoms with E-state index in [0.29, 0.717) is 12.0 Å². The molecule has 0 aliphatic carbocycles. The van der Waals surface area contributed by atoms with Crippen LogP contribution in [0.25, 0.3) is 0 Å². The van der Waals surface area contributed by atoms with Crippen molar-refractivity contribution in [1.29, 1.82) is 0 Å². The van der Waals surface area contributed by atoms with E-state index >= 15 is 0 Å². The fraction of sp³-hybridized carbons (Fsp3) is 0.750. The highest BCUT2D eigenvalue weighted by Gasteiger charge is 2.26. The van der Waals surface area contributed by atoms with Crippen molar-refractivity contribution in [1.82, 2.24) is 14.8 Å². The molecule has 3 nitrogen and oxygen atoms in total. The lowest BCUT2D eigenvalue weighted by atomic mass is 10.1. The maximum absolute atomic E-state index is 4.77. The SMILES string of the molecule is CC(C)c1csc(C2CN(C)CCN2C)n1. The molecule has 0 N–H and O–H groups in total. The van der Waals surface area contributed by atoms with Gasteiger partial charge in [-0.05, 0) is 20.0 Å². The van der Waals surface area contributed by atoms with E-state index in [1.165, 1.54) is 10.7 Å². The third kappa shape index (κ3) is 2.44. The van der Waals surface area contributed by atoms with Gasteiger partial charge in [-0.3, -0.25) is 4.90 Å². The average Bonchev–Trinajstić information content (AvgIpc) is 2.70. The van der Waals surface area contributed by atoms with Gasteiger partial charge >= 0.3 is 0 Å². The second-order valence-corrected chi connectivity index (χ2v) is 5.91. The molecule has 0 aromatic carbocycles. The average molecular weight is 239 g/mol. The summed E-state index contributed by atoms with van der Waals surface area (Å²) in [6.45, 7) is 7.81. The highest BCUT2D eigenvalue weighted by molar-refractivity contribution is 7.09. The van der Waals surface area contributed by atoms with Crippen LogP contribution in [0.4, 0.5) is 0 Å². The first kappa shape index (κ1) is 12.0. The Kier molecular flexibility index (Phi) is 3.62. The fourth-order valence-corrected chi connectivity index (χ4v) is 3.13. The van der Waals surface area contributed by atoms with Crippen molar-refractivity contribution in [2.24, 2.45) is 0 Å². The van der Waals surface area contributed by atoms with Gasteiger partial charge < -0.3 is 4.90 Å². The Hall–Kier alpha value is -0.450. The zero-order chi connectivity index (χ0) is 11.7. The van der Waals surface area contributed by atoms with Crippen molar-refractivity contribution in [2.75, 3.05) is 33.7 Å². The van der Waals surface area contributed by atoms with Crippen molar-refractivity contribution >= 4 is 11.3 Å². The first-order chi connectivity index (χ1) is 7.58. The predicted molar refractivity (Wildman–Crippen MR) is 69.1 cm³/mol. The molecule has 1 aliphatic heterocycles. The van der Waals surface area contributed by atoms with Gasteiger partial charge in [-0.1, -0.05) is 13.8 Å². The standard InChI is InChI=1S/C12H21N3S/c1-9(2)10-8-16-12(13-10)11-7-14(3)5-6-15(11)4/h8-9,11H,5-7H2,1-4H3. The molecule has 1 atom stereocenters. The molecule has 0 radical (unpaired) electrons. The van der Waals surface area contributed by atoms with Crippen molar-refractivity contribution < 1.29 is 0 Å². The summed E-state index contributed by atoms with van der Waals surface area (Å²) in [6.07, 6.45) is 0. The van der Waals surface area contributed by atoms with Crippen LogP contribution in [-0.2, 0) is 0 Å². The molecular formula is C12H21N3S. The lowest BCUT2D eigenvalue weighted by Crippen LogP contribution is -2.44. The van der Waals surface area contributed by atoms with E-state index < -0.39 is 0 Å². The lowest BCUT2D eigenvalue weighted by molar-refractivity contribution is 0.115. The van der Waals surface area contributed by atoms with Crippen LogP contribution in [0.1, 0.15) is 36.5 Å². The van der Waals surface area contributed by atoms with E-state index in [1.54, 1.807) is 0 Å². The van der Waals surface area contributed by atoms with Crippen LogP contribution in [0.5, 0.6) is 0 Å². The highest BCUT2D eigenvalue weighted by atomic mass is 32.1. The van der Waals surface area contributed by atoms with Gasteiger partial charge in [0, 0.05) is 25.0 Å². The fourth-order valence-electron chi connectivity index (χ4n) is 2.00. The van der Waals surface area contributed by atoms with E-state index in [2.05, 4.69) is 43.1 Å². The summed E-state index contributed by atoms with van der Waals surface area (Å²) in [5, 5.41) is 3.49. The summed E-state index contributed by atoms with van der Waals surface area (Å²) in [5.41, 5.74) is 1.24. The Bertz CT molecular complexity index is 348. The van der Waals surface area contributed by atoms with Crippen LogP contribution in [0.3, 0.4) is 0 Å². The van der Waals surface area contributed by atoms with Gasteiger partial charge in [0.1, 0.15) is 5.01 Å². The lowest BCUT2D eigenvalue weighted by Gasteiger charge is -2.36. The van der Waals surface area contributed by atoms with Gasteiger partial charge in [0.05, 0.1) is 11.7 Å². The third-order valence-corrected chi connectivity index (χ3v) is 4.23. The Morgan fingerprint density at radius 3 is 2.75 bits per heavy atom. The summed E-state index contributed by atoms with van der Waals surface area (Å²) in [5.74, 6) is 0.539. The van der Waals surface area contributed by atoms with Crippen molar-refractivity contribution in [3.8, 4) is 0 Å². The molecule has 0 spiro atoms. The molecule has 4 heteroatoms. The Labute approximate surface area is 102 Å². The number of thiazole rings is 1. The summed E-state index contributed by atoms with van der Waals surface area (Å²) in [4.78, 5) is 9.58. The minimum atomic E-state index is 0.483. The maximum Gasteiger partial charge on any atom is 0.111 e. The molecule has 90 valence electrons. The number of likely N-dealkylation sites (N-methyl/N-ethyl adjacent to an activating group) is 2. The highest BCUT2D eigenvalue weighted by Crippen LogP contribution is 2.28. The normalized spacial score (nSPS) is 24.2. The summed E-state index contributed by atoms with van der Waals surface area (Å²) < 4.78 is 0. The molecule has 1 aromatic rings. The number of hydrogen-bond acceptors (Lipinski definition) is 4. The summed E-state index contributed by atoms with van der Waals surface area (Å²) in [6, 6.07) is 0.483. The summed E-state index contributed by atoms with van der Waals surface area (Å²) >= 11 is 1.81. The molecule has 0 saturated carbocycles. The number of piperazine rings is 1. The minimum absolute atomic E-state index is 0.483. The second kappa shape index (κ2) is 4.82. The van der Waals surface area contributed by atoms with E-state index in [9.17, 15) is 0 Å². The summed E-state index contributed by atoms with van der Waals surface area (Å²) in [7, 11) is 4.39. The molecule has 1 unspecified atom stereocenters. The Morgan fingerprint density at radius 2 is 2.12 bits per heavy atom. The Balaban J connectivity index is 2.15. The molecule has 0 bridgehead atoms. The van der Waals surface area contributed by atoms with Gasteiger partial charge in [0.2, 0.25) is 0 Å². The number of nitrogens with zero attached hydrogens (tertiary/aromatic N) is 3. The van der Waals surface area contributed by atoms with Crippen molar-refractivity contribution in [3.05, 3.63) is 16.1 Å². The van der Waals surface area contributed by atoms with Gasteiger partial charge in [-0.25, -0.2) is 4.98 Å². The molecule has 2 heterocycles. The van der Waals surface area contributed by atoms with E-state index in [1.807, 2.05) is 11.3 Å². The van der Waals surface area contributed by atoms with Crippen LogP contribution < -0.4 is 0 Å². The van der Waals surface area contributed by atoms with Gasteiger partial charge in [0.15, 0.2) is 0 Å². The first-order valence-electron chi connectivity index (χ1n) is 5.92. The molecule has 16 heavy (non-hydrogen) atoms. The predicted octanol–water partition coefficient (Wildman–Crippen LogP) is 2.18. The maximum atomic E-state index is 4.77. The largest absolute Gasteiger partial charge is 0.303 e. The van der Waals surface area contributed by atoms with E-state index in [4.69, 9.17) is 4.98 Å². The van der Waals surface area contributed by atoms with Crippen molar-refractivity contribution in [2.45, 2.75) is 25.8 Å². The van der Waals surface area contributed by atoms with Crippen molar-refractivity contribution in [3.63, 3.8) is 0 Å². The number of rotatable bonds is 2. The Morgan fingerprint density at radius 1 is 1.38 bits per heavy atom. The second-order valence-electron chi connectivity index (χ2n) is 5.02. The molecule has 2 rings (SSSR count). The molecule has 1 aromatic heterocycles. The van der Waals surface area contributed by atoms with Gasteiger partial charge in [-0.15, -0.1) is 11.3 Å². The molecule has 1 aliphatic rings. The minimum Gasteiger partial charge on any atom is -0.303 e. The zero-order valence-electron chi connectivity index (χ0n) is 10.6. The van der Waals surface area contributed by atoms with E-state index in [-0.39, 0.29) is 0 Å². The molecular weight excluding hydrogens is 218 g/mol. The first-order valence-corrected chi connectivity index (χ1v) is 6.80. The van der Waals surface area contributed by atoms with Crippen LogP contribution in [0, 0.1) is 0 Å². The van der Waals surface area contributed by atoms with Crippen LogP contribution >= 0.6 is 11.3 Å². The topological polar surface area (TPSA) is 19.4 Å². The molecule has 1 saturated heterocycles. The van der Waals surface area contributed by atoms with Gasteiger partial charge in [0.25, 0.3) is 0 Å². The van der Waals surface area contributed by atoms with Crippen LogP contribution in [0.15, 0.2) is 5.38 Å². The molecule has 0 amide bonds.